The molecule has 1 aliphatic carbocycles. The van der Waals surface area contributed by atoms with Crippen molar-refractivity contribution in [2.75, 3.05) is 26.2 Å². The van der Waals surface area contributed by atoms with E-state index in [2.05, 4.69) is 15.6 Å². The molecule has 1 fully saturated rings. The minimum Gasteiger partial charge on any atom is -0.383 e. The zero-order chi connectivity index (χ0) is 18.0. The molecule has 25 heavy (non-hydrogen) atoms. The second-order valence-electron chi connectivity index (χ2n) is 6.86. The van der Waals surface area contributed by atoms with E-state index in [1.165, 1.54) is 38.5 Å². The van der Waals surface area contributed by atoms with E-state index < -0.39 is 5.60 Å². The van der Waals surface area contributed by atoms with Crippen LogP contribution in [-0.2, 0) is 10.3 Å². The summed E-state index contributed by atoms with van der Waals surface area (Å²) in [5, 5.41) is 19.1. The van der Waals surface area contributed by atoms with Crippen molar-refractivity contribution in [1.82, 2.24) is 10.6 Å². The van der Waals surface area contributed by atoms with Crippen LogP contribution < -0.4 is 10.6 Å². The molecule has 6 heteroatoms. The number of nitrogens with one attached hydrogen (secondary N) is 2. The van der Waals surface area contributed by atoms with Crippen molar-refractivity contribution in [2.45, 2.75) is 64.1 Å². The van der Waals surface area contributed by atoms with Gasteiger partial charge in [-0.25, -0.2) is 4.99 Å². The number of nitrogens with zero attached hydrogens (tertiary/aromatic N) is 1. The van der Waals surface area contributed by atoms with Crippen molar-refractivity contribution in [3.05, 3.63) is 22.4 Å². The smallest absolute Gasteiger partial charge is 0.191 e. The van der Waals surface area contributed by atoms with E-state index in [1.807, 2.05) is 24.4 Å². The van der Waals surface area contributed by atoms with Crippen LogP contribution in [0.1, 0.15) is 57.2 Å². The lowest BCUT2D eigenvalue weighted by molar-refractivity contribution is 0.0467. The summed E-state index contributed by atoms with van der Waals surface area (Å²) in [6, 6.07) is 3.90. The molecule has 1 saturated carbocycles. The first-order chi connectivity index (χ1) is 12.1. The van der Waals surface area contributed by atoms with Crippen LogP contribution in [-0.4, -0.2) is 43.4 Å². The average Bonchev–Trinajstić information content (AvgIpc) is 3.03. The molecule has 5 nitrogen and oxygen atoms in total. The number of guanidine groups is 1. The van der Waals surface area contributed by atoms with Gasteiger partial charge in [0.25, 0.3) is 0 Å². The predicted octanol–water partition coefficient (Wildman–Crippen LogP) is 3.25. The van der Waals surface area contributed by atoms with Crippen molar-refractivity contribution in [3.8, 4) is 0 Å². The van der Waals surface area contributed by atoms with Gasteiger partial charge in [-0.05, 0) is 38.1 Å². The van der Waals surface area contributed by atoms with E-state index >= 15 is 0 Å². The summed E-state index contributed by atoms with van der Waals surface area (Å²) in [5.41, 5.74) is -0.937. The number of hydrogen-bond donors (Lipinski definition) is 3. The van der Waals surface area contributed by atoms with E-state index in [1.54, 1.807) is 18.3 Å². The Morgan fingerprint density at radius 2 is 2.08 bits per heavy atom. The molecule has 0 radical (unpaired) electrons. The topological polar surface area (TPSA) is 65.9 Å². The molecule has 3 N–H and O–H groups in total. The predicted molar refractivity (Wildman–Crippen MR) is 105 cm³/mol. The normalized spacial score (nSPS) is 19.2. The van der Waals surface area contributed by atoms with Crippen LogP contribution in [0.3, 0.4) is 0 Å². The number of aliphatic imine (C=N–C) groups is 1. The zero-order valence-corrected chi connectivity index (χ0v) is 16.4. The third-order valence-corrected chi connectivity index (χ3v) is 5.61. The average molecular weight is 368 g/mol. The Morgan fingerprint density at radius 3 is 2.72 bits per heavy atom. The number of rotatable bonds is 8. The monoisotopic (exact) mass is 367 g/mol. The molecule has 1 heterocycles. The standard InChI is InChI=1S/C19H33N3O2S/c1-3-20-18(22-15-19(2,23)17-11-8-14-25-17)21-12-13-24-16-9-6-4-5-7-10-16/h8,11,14,16,23H,3-7,9-10,12-13,15H2,1-2H3,(H2,20,21,22). The summed E-state index contributed by atoms with van der Waals surface area (Å²) < 4.78 is 6.00. The molecule has 1 aromatic heterocycles. The molecule has 0 aromatic carbocycles. The van der Waals surface area contributed by atoms with Gasteiger partial charge in [-0.3, -0.25) is 0 Å². The molecular weight excluding hydrogens is 334 g/mol. The summed E-state index contributed by atoms with van der Waals surface area (Å²) in [6.45, 7) is 6.38. The summed E-state index contributed by atoms with van der Waals surface area (Å²) in [6.07, 6.45) is 8.08. The van der Waals surface area contributed by atoms with Crippen LogP contribution in [0.15, 0.2) is 22.5 Å². The number of aliphatic hydroxyl groups is 1. The maximum absolute atomic E-state index is 10.6. The van der Waals surface area contributed by atoms with Gasteiger partial charge in [-0.2, -0.15) is 0 Å². The molecule has 0 bridgehead atoms. The van der Waals surface area contributed by atoms with E-state index in [0.717, 1.165) is 23.9 Å². The van der Waals surface area contributed by atoms with Gasteiger partial charge in [0.05, 0.1) is 19.3 Å². The largest absolute Gasteiger partial charge is 0.383 e. The third-order valence-electron chi connectivity index (χ3n) is 4.49. The fraction of sp³-hybridized carbons (Fsp3) is 0.737. The van der Waals surface area contributed by atoms with Gasteiger partial charge in [0.15, 0.2) is 5.96 Å². The zero-order valence-electron chi connectivity index (χ0n) is 15.6. The van der Waals surface area contributed by atoms with Crippen molar-refractivity contribution < 1.29 is 9.84 Å². The van der Waals surface area contributed by atoms with Gasteiger partial charge in [0.1, 0.15) is 5.60 Å². The summed E-state index contributed by atoms with van der Waals surface area (Å²) >= 11 is 1.55. The molecule has 1 unspecified atom stereocenters. The quantitative estimate of drug-likeness (QED) is 0.286. The SMILES string of the molecule is CCNC(=NCC(C)(O)c1cccs1)NCCOC1CCCCCC1. The lowest BCUT2D eigenvalue weighted by Gasteiger charge is -2.21. The molecule has 1 atom stereocenters. The van der Waals surface area contributed by atoms with Gasteiger partial charge in [-0.15, -0.1) is 11.3 Å². The molecule has 0 amide bonds. The Kier molecular flexibility index (Phi) is 8.72. The highest BCUT2D eigenvalue weighted by atomic mass is 32.1. The van der Waals surface area contributed by atoms with Gasteiger partial charge in [0, 0.05) is 18.0 Å². The van der Waals surface area contributed by atoms with Crippen LogP contribution in [0, 0.1) is 0 Å². The first-order valence-electron chi connectivity index (χ1n) is 9.52. The minimum absolute atomic E-state index is 0.326. The number of ether oxygens (including phenoxy) is 1. The first-order valence-corrected chi connectivity index (χ1v) is 10.4. The van der Waals surface area contributed by atoms with Gasteiger partial charge in [0.2, 0.25) is 0 Å². The maximum Gasteiger partial charge on any atom is 0.191 e. The second kappa shape index (κ2) is 10.8. The Hall–Kier alpha value is -1.11. The van der Waals surface area contributed by atoms with E-state index in [0.29, 0.717) is 19.3 Å². The Morgan fingerprint density at radius 1 is 1.32 bits per heavy atom. The van der Waals surface area contributed by atoms with Crippen LogP contribution in [0.4, 0.5) is 0 Å². The van der Waals surface area contributed by atoms with Crippen LogP contribution in [0.5, 0.6) is 0 Å². The lowest BCUT2D eigenvalue weighted by Crippen LogP contribution is -2.40. The number of thiophene rings is 1. The molecule has 0 spiro atoms. The van der Waals surface area contributed by atoms with E-state index in [4.69, 9.17) is 4.74 Å². The molecule has 142 valence electrons. The maximum atomic E-state index is 10.6. The Balaban J connectivity index is 1.75. The molecule has 2 rings (SSSR count). The van der Waals surface area contributed by atoms with Crippen molar-refractivity contribution in [3.63, 3.8) is 0 Å². The van der Waals surface area contributed by atoms with Crippen molar-refractivity contribution in [2.24, 2.45) is 4.99 Å². The summed E-state index contributed by atoms with van der Waals surface area (Å²) in [5.74, 6) is 0.726. The first kappa shape index (κ1) is 20.2. The number of hydrogen-bond acceptors (Lipinski definition) is 4. The lowest BCUT2D eigenvalue weighted by atomic mass is 10.1. The Bertz CT molecular complexity index is 495. The van der Waals surface area contributed by atoms with Gasteiger partial charge < -0.3 is 20.5 Å². The molecule has 1 aromatic rings. The van der Waals surface area contributed by atoms with Gasteiger partial charge in [-0.1, -0.05) is 31.7 Å². The van der Waals surface area contributed by atoms with Crippen LogP contribution >= 0.6 is 11.3 Å². The van der Waals surface area contributed by atoms with Crippen LogP contribution in [0.25, 0.3) is 0 Å². The van der Waals surface area contributed by atoms with E-state index in [-0.39, 0.29) is 0 Å². The third kappa shape index (κ3) is 7.34. The van der Waals surface area contributed by atoms with Crippen LogP contribution in [0.2, 0.25) is 0 Å². The summed E-state index contributed by atoms with van der Waals surface area (Å²) in [7, 11) is 0. The molecule has 1 aliphatic rings. The fourth-order valence-electron chi connectivity index (χ4n) is 3.04. The highest BCUT2D eigenvalue weighted by Crippen LogP contribution is 2.25. The van der Waals surface area contributed by atoms with E-state index in [9.17, 15) is 5.11 Å². The highest BCUT2D eigenvalue weighted by Gasteiger charge is 2.24. The van der Waals surface area contributed by atoms with Crippen molar-refractivity contribution >= 4 is 17.3 Å². The summed E-state index contributed by atoms with van der Waals surface area (Å²) in [4.78, 5) is 5.47. The second-order valence-corrected chi connectivity index (χ2v) is 7.81. The van der Waals surface area contributed by atoms with Gasteiger partial charge >= 0.3 is 0 Å². The minimum atomic E-state index is -0.937. The molecule has 0 aliphatic heterocycles. The molecular formula is C19H33N3O2S. The highest BCUT2D eigenvalue weighted by molar-refractivity contribution is 7.10. The Labute approximate surface area is 155 Å². The fourth-order valence-corrected chi connectivity index (χ4v) is 3.82. The van der Waals surface area contributed by atoms with Crippen molar-refractivity contribution in [1.29, 1.82) is 0 Å². The molecule has 0 saturated heterocycles.